The Balaban J connectivity index is 1.67. The maximum atomic E-state index is 14.1. The number of pyridine rings is 1. The number of nitrogens with zero attached hydrogens (tertiary/aromatic N) is 2. The number of hydrogen-bond acceptors (Lipinski definition) is 5. The van der Waals surface area contributed by atoms with Gasteiger partial charge in [0.05, 0.1) is 15.9 Å². The van der Waals surface area contributed by atoms with Crippen molar-refractivity contribution >= 4 is 27.6 Å². The van der Waals surface area contributed by atoms with Crippen LogP contribution in [0.2, 0.25) is 0 Å². The van der Waals surface area contributed by atoms with Crippen molar-refractivity contribution in [3.63, 3.8) is 0 Å². The molecule has 5 nitrogen and oxygen atoms in total. The van der Waals surface area contributed by atoms with Gasteiger partial charge in [0.15, 0.2) is 11.3 Å². The second-order valence-electron chi connectivity index (χ2n) is 8.21. The molecule has 0 saturated heterocycles. The van der Waals surface area contributed by atoms with Gasteiger partial charge >= 0.3 is 0 Å². The number of carbonyl (C=O) groups is 1. The third kappa shape index (κ3) is 4.20. The van der Waals surface area contributed by atoms with E-state index in [4.69, 9.17) is 0 Å². The van der Waals surface area contributed by atoms with Crippen LogP contribution in [0.3, 0.4) is 0 Å². The first-order valence-corrected chi connectivity index (χ1v) is 9.85. The van der Waals surface area contributed by atoms with Crippen LogP contribution in [0.15, 0.2) is 12.3 Å². The number of hydrogen-bond donors (Lipinski definition) is 2. The van der Waals surface area contributed by atoms with Gasteiger partial charge in [-0.3, -0.25) is 4.79 Å². The van der Waals surface area contributed by atoms with Gasteiger partial charge < -0.3 is 10.4 Å². The summed E-state index contributed by atoms with van der Waals surface area (Å²) in [6, 6.07) is 1.84. The first-order chi connectivity index (χ1) is 12.0. The Morgan fingerprint density at radius 2 is 1.92 bits per heavy atom. The van der Waals surface area contributed by atoms with E-state index >= 15 is 0 Å². The molecular formula is C19H26FN3O2S. The smallest absolute Gasteiger partial charge is 0.253 e. The van der Waals surface area contributed by atoms with Crippen molar-refractivity contribution in [3.05, 3.63) is 22.8 Å². The van der Waals surface area contributed by atoms with Gasteiger partial charge in [-0.15, -0.1) is 11.3 Å². The van der Waals surface area contributed by atoms with Crippen molar-refractivity contribution in [2.45, 2.75) is 70.7 Å². The molecule has 1 aliphatic carbocycles. The number of amides is 1. The van der Waals surface area contributed by atoms with Gasteiger partial charge in [-0.2, -0.15) is 0 Å². The SMILES string of the molecule is CC(C)(F)c1nc2ncc(C(=O)NC3CCC(C(C)(C)O)CC3)cc2s1. The van der Waals surface area contributed by atoms with E-state index in [1.54, 1.807) is 6.07 Å². The third-order valence-electron chi connectivity index (χ3n) is 5.08. The second kappa shape index (κ2) is 6.85. The summed E-state index contributed by atoms with van der Waals surface area (Å²) in [6.45, 7) is 6.61. The van der Waals surface area contributed by atoms with Crippen molar-refractivity contribution in [3.8, 4) is 0 Å². The Kier molecular flexibility index (Phi) is 5.05. The molecule has 2 heterocycles. The monoisotopic (exact) mass is 379 g/mol. The predicted molar refractivity (Wildman–Crippen MR) is 101 cm³/mol. The molecule has 0 aliphatic heterocycles. The molecule has 3 rings (SSSR count). The van der Waals surface area contributed by atoms with Crippen LogP contribution in [0, 0.1) is 5.92 Å². The molecule has 0 radical (unpaired) electrons. The van der Waals surface area contributed by atoms with Crippen molar-refractivity contribution in [2.24, 2.45) is 5.92 Å². The Bertz CT molecular complexity index is 799. The largest absolute Gasteiger partial charge is 0.390 e. The lowest BCUT2D eigenvalue weighted by Crippen LogP contribution is -2.41. The van der Waals surface area contributed by atoms with Crippen molar-refractivity contribution in [1.29, 1.82) is 0 Å². The summed E-state index contributed by atoms with van der Waals surface area (Å²) >= 11 is 1.23. The van der Waals surface area contributed by atoms with Crippen LogP contribution in [0.5, 0.6) is 0 Å². The normalized spacial score (nSPS) is 21.8. The average Bonchev–Trinajstić information content (AvgIpc) is 2.98. The van der Waals surface area contributed by atoms with Crippen LogP contribution < -0.4 is 5.32 Å². The molecule has 0 bridgehead atoms. The minimum absolute atomic E-state index is 0.110. The van der Waals surface area contributed by atoms with Crippen molar-refractivity contribution in [2.75, 3.05) is 0 Å². The standard InChI is InChI=1S/C19H26FN3O2S/c1-18(2,20)17-23-15-14(26-17)9-11(10-21-15)16(24)22-13-7-5-12(6-8-13)19(3,4)25/h9-10,12-13,25H,5-8H2,1-4H3,(H,22,24). The van der Waals surface area contributed by atoms with E-state index in [1.807, 2.05) is 13.8 Å². The van der Waals surface area contributed by atoms with E-state index < -0.39 is 11.3 Å². The zero-order valence-electron chi connectivity index (χ0n) is 15.7. The minimum Gasteiger partial charge on any atom is -0.390 e. The molecule has 0 atom stereocenters. The second-order valence-corrected chi connectivity index (χ2v) is 9.24. The summed E-state index contributed by atoms with van der Waals surface area (Å²) in [5.74, 6) is 0.105. The van der Waals surface area contributed by atoms with E-state index in [0.717, 1.165) is 25.7 Å². The highest BCUT2D eigenvalue weighted by Gasteiger charge is 2.32. The number of rotatable bonds is 4. The molecule has 2 N–H and O–H groups in total. The summed E-state index contributed by atoms with van der Waals surface area (Å²) in [5.41, 5.74) is -1.25. The molecule has 1 aliphatic rings. The lowest BCUT2D eigenvalue weighted by atomic mass is 9.77. The van der Waals surface area contributed by atoms with Gasteiger partial charge in [-0.1, -0.05) is 0 Å². The number of carbonyl (C=O) groups excluding carboxylic acids is 1. The van der Waals surface area contributed by atoms with Crippen LogP contribution in [0.1, 0.15) is 68.7 Å². The van der Waals surface area contributed by atoms with Crippen LogP contribution in [0.25, 0.3) is 10.3 Å². The molecular weight excluding hydrogens is 353 g/mol. The number of nitrogens with one attached hydrogen (secondary N) is 1. The molecule has 7 heteroatoms. The van der Waals surface area contributed by atoms with Crippen molar-refractivity contribution in [1.82, 2.24) is 15.3 Å². The Morgan fingerprint density at radius 1 is 1.27 bits per heavy atom. The minimum atomic E-state index is -1.52. The molecule has 142 valence electrons. The van der Waals surface area contributed by atoms with Crippen LogP contribution in [-0.2, 0) is 5.67 Å². The molecule has 1 amide bonds. The van der Waals surface area contributed by atoms with Gasteiger partial charge in [-0.05, 0) is 65.4 Å². The highest BCUT2D eigenvalue weighted by Crippen LogP contribution is 2.33. The highest BCUT2D eigenvalue weighted by atomic mass is 32.1. The van der Waals surface area contributed by atoms with Gasteiger partial charge in [0.2, 0.25) is 0 Å². The van der Waals surface area contributed by atoms with Gasteiger partial charge in [0.1, 0.15) is 5.01 Å². The Morgan fingerprint density at radius 3 is 2.50 bits per heavy atom. The van der Waals surface area contributed by atoms with E-state index in [2.05, 4.69) is 15.3 Å². The van der Waals surface area contributed by atoms with Crippen LogP contribution in [-0.4, -0.2) is 32.6 Å². The number of aliphatic hydroxyl groups is 1. The molecule has 2 aromatic rings. The molecule has 0 spiro atoms. The lowest BCUT2D eigenvalue weighted by molar-refractivity contribution is -0.00257. The highest BCUT2D eigenvalue weighted by molar-refractivity contribution is 7.18. The topological polar surface area (TPSA) is 75.1 Å². The fourth-order valence-electron chi connectivity index (χ4n) is 3.41. The van der Waals surface area contributed by atoms with Crippen LogP contribution >= 0.6 is 11.3 Å². The number of fused-ring (bicyclic) bond motifs is 1. The van der Waals surface area contributed by atoms with E-state index in [0.29, 0.717) is 20.9 Å². The summed E-state index contributed by atoms with van der Waals surface area (Å²) in [5, 5.41) is 13.5. The number of alkyl halides is 1. The lowest BCUT2D eigenvalue weighted by Gasteiger charge is -2.36. The number of aromatic nitrogens is 2. The Hall–Kier alpha value is -1.60. The zero-order chi connectivity index (χ0) is 19.1. The number of thiazole rings is 1. The van der Waals surface area contributed by atoms with Gasteiger partial charge in [0, 0.05) is 12.2 Å². The summed E-state index contributed by atoms with van der Waals surface area (Å²) in [6.07, 6.45) is 5.01. The fourth-order valence-corrected chi connectivity index (χ4v) is 4.37. The first kappa shape index (κ1) is 19.2. The van der Waals surface area contributed by atoms with Gasteiger partial charge in [-0.25, -0.2) is 14.4 Å². The van der Waals surface area contributed by atoms with E-state index in [9.17, 15) is 14.3 Å². The van der Waals surface area contributed by atoms with E-state index in [-0.39, 0.29) is 17.9 Å². The van der Waals surface area contributed by atoms with Crippen molar-refractivity contribution < 1.29 is 14.3 Å². The third-order valence-corrected chi connectivity index (χ3v) is 6.37. The predicted octanol–water partition coefficient (Wildman–Crippen LogP) is 3.96. The van der Waals surface area contributed by atoms with E-state index in [1.165, 1.54) is 31.4 Å². The molecule has 1 fully saturated rings. The summed E-state index contributed by atoms with van der Waals surface area (Å²) < 4.78 is 14.8. The Labute approximate surface area is 157 Å². The molecule has 2 aromatic heterocycles. The molecule has 1 saturated carbocycles. The summed E-state index contributed by atoms with van der Waals surface area (Å²) in [4.78, 5) is 21.0. The quantitative estimate of drug-likeness (QED) is 0.843. The number of halogens is 1. The maximum absolute atomic E-state index is 14.1. The molecule has 0 unspecified atom stereocenters. The fraction of sp³-hybridized carbons (Fsp3) is 0.632. The summed E-state index contributed by atoms with van der Waals surface area (Å²) in [7, 11) is 0. The maximum Gasteiger partial charge on any atom is 0.253 e. The van der Waals surface area contributed by atoms with Crippen LogP contribution in [0.4, 0.5) is 4.39 Å². The first-order valence-electron chi connectivity index (χ1n) is 9.03. The van der Waals surface area contributed by atoms with Gasteiger partial charge in [0.25, 0.3) is 5.91 Å². The molecule has 26 heavy (non-hydrogen) atoms. The molecule has 0 aromatic carbocycles. The average molecular weight is 380 g/mol. The zero-order valence-corrected chi connectivity index (χ0v) is 16.5.